The van der Waals surface area contributed by atoms with E-state index in [1.807, 2.05) is 6.08 Å². The molecule has 0 radical (unpaired) electrons. The van der Waals surface area contributed by atoms with Crippen molar-refractivity contribution in [2.45, 2.75) is 37.9 Å². The molecule has 0 bridgehead atoms. The summed E-state index contributed by atoms with van der Waals surface area (Å²) >= 11 is 0. The maximum Gasteiger partial charge on any atom is 0.288 e. The third-order valence-corrected chi connectivity index (χ3v) is 7.83. The number of hydrogen-bond donors (Lipinski definition) is 1. The zero-order valence-electron chi connectivity index (χ0n) is 24.3. The van der Waals surface area contributed by atoms with Gasteiger partial charge >= 0.3 is 0 Å². The molecular weight excluding hydrogens is 538 g/mol. The fraction of sp³-hybridized carbons (Fsp3) is 0.545. The Bertz CT molecular complexity index is 1170. The Morgan fingerprint density at radius 3 is 2.21 bits per heavy atom. The minimum absolute atomic E-state index is 0.0462. The molecule has 2 heterocycles. The number of rotatable bonds is 7. The molecule has 1 aliphatic carbocycles. The van der Waals surface area contributed by atoms with E-state index in [9.17, 15) is 9.90 Å². The van der Waals surface area contributed by atoms with E-state index in [1.54, 1.807) is 4.90 Å². The fourth-order valence-electron chi connectivity index (χ4n) is 5.67. The Labute approximate surface area is 248 Å². The summed E-state index contributed by atoms with van der Waals surface area (Å²) in [6.45, 7) is 5.03. The molecule has 228 valence electrons. The van der Waals surface area contributed by atoms with Crippen molar-refractivity contribution >= 4 is 5.91 Å². The Morgan fingerprint density at radius 2 is 1.50 bits per heavy atom. The highest BCUT2D eigenvalue weighted by molar-refractivity contribution is 5.92. The summed E-state index contributed by atoms with van der Waals surface area (Å²) in [6, 6.07) is 15.0. The number of fused-ring (bicyclic) bond motifs is 3. The van der Waals surface area contributed by atoms with Gasteiger partial charge in [0, 0.05) is 32.0 Å². The number of unbranched alkanes of at least 4 members (excludes halogenated alkanes) is 1. The van der Waals surface area contributed by atoms with E-state index in [1.165, 1.54) is 27.8 Å². The topological polar surface area (TPSA) is 95.9 Å². The predicted molar refractivity (Wildman–Crippen MR) is 157 cm³/mol. The van der Waals surface area contributed by atoms with E-state index in [-0.39, 0.29) is 24.2 Å². The van der Waals surface area contributed by atoms with Crippen LogP contribution in [0.1, 0.15) is 41.9 Å². The molecule has 9 heteroatoms. The van der Waals surface area contributed by atoms with Gasteiger partial charge in [0.2, 0.25) is 6.29 Å². The van der Waals surface area contributed by atoms with E-state index >= 15 is 0 Å². The molecule has 1 saturated heterocycles. The monoisotopic (exact) mass is 581 g/mol. The normalized spacial score (nSPS) is 22.2. The summed E-state index contributed by atoms with van der Waals surface area (Å²) in [5, 5.41) is 9.19. The van der Waals surface area contributed by atoms with Gasteiger partial charge in [0.15, 0.2) is 5.76 Å². The second-order valence-corrected chi connectivity index (χ2v) is 10.7. The maximum atomic E-state index is 13.9. The molecule has 9 nitrogen and oxygen atoms in total. The number of benzene rings is 2. The number of amides is 1. The van der Waals surface area contributed by atoms with Gasteiger partial charge in [-0.25, -0.2) is 0 Å². The molecule has 2 aromatic carbocycles. The fourth-order valence-corrected chi connectivity index (χ4v) is 5.67. The van der Waals surface area contributed by atoms with Gasteiger partial charge < -0.3 is 38.4 Å². The highest BCUT2D eigenvalue weighted by Gasteiger charge is 2.33. The van der Waals surface area contributed by atoms with Crippen LogP contribution in [0.5, 0.6) is 0 Å². The van der Waals surface area contributed by atoms with Crippen LogP contribution in [0, 0.1) is 0 Å². The molecule has 0 spiro atoms. The van der Waals surface area contributed by atoms with Crippen LogP contribution >= 0.6 is 0 Å². The lowest BCUT2D eigenvalue weighted by atomic mass is 9.87. The first-order valence-electron chi connectivity index (χ1n) is 15.2. The van der Waals surface area contributed by atoms with Gasteiger partial charge in [-0.1, -0.05) is 42.5 Å². The molecule has 2 atom stereocenters. The summed E-state index contributed by atoms with van der Waals surface area (Å²) in [6.07, 6.45) is 4.25. The smallest absolute Gasteiger partial charge is 0.288 e. The quantitative estimate of drug-likeness (QED) is 0.423. The molecule has 0 saturated carbocycles. The van der Waals surface area contributed by atoms with Gasteiger partial charge in [-0.05, 0) is 53.2 Å². The van der Waals surface area contributed by atoms with Crippen molar-refractivity contribution in [3.05, 3.63) is 71.0 Å². The Hall–Kier alpha value is -2.79. The van der Waals surface area contributed by atoms with E-state index in [0.29, 0.717) is 85.4 Å². The number of allylic oxidation sites excluding steroid dienone is 1. The number of carbonyl (C=O) groups is 1. The summed E-state index contributed by atoms with van der Waals surface area (Å²) in [7, 11) is 0. The van der Waals surface area contributed by atoms with E-state index in [2.05, 4.69) is 42.5 Å². The molecule has 0 unspecified atom stereocenters. The lowest BCUT2D eigenvalue weighted by Gasteiger charge is -2.32. The van der Waals surface area contributed by atoms with Crippen LogP contribution in [0.4, 0.5) is 0 Å². The van der Waals surface area contributed by atoms with Crippen molar-refractivity contribution in [3.8, 4) is 11.1 Å². The van der Waals surface area contributed by atoms with Crippen molar-refractivity contribution in [1.82, 2.24) is 4.90 Å². The van der Waals surface area contributed by atoms with Gasteiger partial charge in [-0.15, -0.1) is 0 Å². The van der Waals surface area contributed by atoms with E-state index in [0.717, 1.165) is 12.8 Å². The number of aliphatic hydroxyl groups is 1. The van der Waals surface area contributed by atoms with Gasteiger partial charge in [0.05, 0.1) is 59.5 Å². The number of nitrogens with zero attached hydrogens (tertiary/aromatic N) is 1. The molecular formula is C33H43NO8. The zero-order valence-corrected chi connectivity index (χ0v) is 24.3. The lowest BCUT2D eigenvalue weighted by Crippen LogP contribution is -2.40. The van der Waals surface area contributed by atoms with Crippen molar-refractivity contribution in [2.24, 2.45) is 0 Å². The molecule has 1 amide bonds. The van der Waals surface area contributed by atoms with Crippen molar-refractivity contribution in [3.63, 3.8) is 0 Å². The second-order valence-electron chi connectivity index (χ2n) is 10.7. The molecule has 42 heavy (non-hydrogen) atoms. The highest BCUT2D eigenvalue weighted by Crippen LogP contribution is 2.43. The number of ether oxygens (including phenoxy) is 6. The van der Waals surface area contributed by atoms with Crippen LogP contribution < -0.4 is 0 Å². The standard InChI is InChI=1S/C33H43NO8/c35-12-3-4-13-41-32-24-26(28-8-5-9-29-27-7-2-1-6-25(27)22-30(28)29)23-31(42-32)33(36)34-10-14-37-16-18-39-20-21-40-19-17-38-15-11-34/h1-2,5-9,23,26,32,35H,3-4,10-22,24H2/t26-,32+/m1/s1. The average molecular weight is 582 g/mol. The van der Waals surface area contributed by atoms with Gasteiger partial charge in [0.1, 0.15) is 0 Å². The van der Waals surface area contributed by atoms with Crippen LogP contribution in [-0.2, 0) is 39.6 Å². The summed E-state index contributed by atoms with van der Waals surface area (Å²) in [5.41, 5.74) is 6.35. The second kappa shape index (κ2) is 16.2. The number of hydrogen-bond acceptors (Lipinski definition) is 8. The van der Waals surface area contributed by atoms with Crippen molar-refractivity contribution in [2.75, 3.05) is 79.2 Å². The molecule has 5 rings (SSSR count). The molecule has 2 aliphatic heterocycles. The minimum Gasteiger partial charge on any atom is -0.459 e. The minimum atomic E-state index is -0.567. The summed E-state index contributed by atoms with van der Waals surface area (Å²) in [4.78, 5) is 15.7. The highest BCUT2D eigenvalue weighted by atomic mass is 16.7. The molecule has 1 fully saturated rings. The number of aliphatic hydroxyl groups excluding tert-OH is 1. The van der Waals surface area contributed by atoms with E-state index in [4.69, 9.17) is 28.4 Å². The van der Waals surface area contributed by atoms with Crippen LogP contribution in [0.25, 0.3) is 11.1 Å². The van der Waals surface area contributed by atoms with Crippen molar-refractivity contribution in [1.29, 1.82) is 0 Å². The number of carbonyl (C=O) groups excluding carboxylic acids is 1. The zero-order chi connectivity index (χ0) is 29.0. The van der Waals surface area contributed by atoms with Crippen LogP contribution in [0.3, 0.4) is 0 Å². The predicted octanol–water partition coefficient (Wildman–Crippen LogP) is 3.67. The Kier molecular flexibility index (Phi) is 11.8. The van der Waals surface area contributed by atoms with Gasteiger partial charge in [-0.3, -0.25) is 4.79 Å². The third kappa shape index (κ3) is 8.18. The summed E-state index contributed by atoms with van der Waals surface area (Å²) in [5.74, 6) is 0.0368. The SMILES string of the molecule is O=C(C1=C[C@@H](c2cccc3c2Cc2ccccc2-3)C[C@@H](OCCCCO)O1)N1CCOCCOCCOCCOCC1. The Balaban J connectivity index is 1.35. The molecule has 2 aromatic rings. The average Bonchev–Trinajstić information content (AvgIpc) is 3.40. The lowest BCUT2D eigenvalue weighted by molar-refractivity contribution is -0.153. The molecule has 1 N–H and O–H groups in total. The first-order valence-corrected chi connectivity index (χ1v) is 15.2. The molecule has 0 aromatic heterocycles. The first-order chi connectivity index (χ1) is 20.7. The van der Waals surface area contributed by atoms with Crippen LogP contribution in [-0.4, -0.2) is 101 Å². The molecule has 3 aliphatic rings. The third-order valence-electron chi connectivity index (χ3n) is 7.83. The van der Waals surface area contributed by atoms with Gasteiger partial charge in [0.25, 0.3) is 5.91 Å². The van der Waals surface area contributed by atoms with Crippen LogP contribution in [0.15, 0.2) is 54.3 Å². The van der Waals surface area contributed by atoms with Gasteiger partial charge in [-0.2, -0.15) is 0 Å². The van der Waals surface area contributed by atoms with E-state index < -0.39 is 6.29 Å². The Morgan fingerprint density at radius 1 is 0.833 bits per heavy atom. The van der Waals surface area contributed by atoms with Crippen molar-refractivity contribution < 1.29 is 38.3 Å². The summed E-state index contributed by atoms with van der Waals surface area (Å²) < 4.78 is 34.8. The van der Waals surface area contributed by atoms with Crippen LogP contribution in [0.2, 0.25) is 0 Å². The maximum absolute atomic E-state index is 13.9. The largest absolute Gasteiger partial charge is 0.459 e. The first kappa shape index (κ1) is 30.7.